The van der Waals surface area contributed by atoms with E-state index in [1.807, 2.05) is 4.90 Å². The van der Waals surface area contributed by atoms with Gasteiger partial charge in [0.1, 0.15) is 5.69 Å². The molecule has 2 rings (SSSR count). The average molecular weight is 281 g/mol. The lowest BCUT2D eigenvalue weighted by atomic mass is 9.92. The number of nitrogens with zero attached hydrogens (tertiary/aromatic N) is 4. The minimum atomic E-state index is -0.467. The van der Waals surface area contributed by atoms with E-state index in [9.17, 15) is 15.2 Å². The molecule has 0 bridgehead atoms. The van der Waals surface area contributed by atoms with Crippen molar-refractivity contribution in [3.05, 3.63) is 15.8 Å². The van der Waals surface area contributed by atoms with Crippen LogP contribution in [-0.4, -0.2) is 39.2 Å². The molecule has 0 saturated carbocycles. The van der Waals surface area contributed by atoms with E-state index in [1.54, 1.807) is 13.8 Å². The third-order valence-electron chi connectivity index (χ3n) is 3.76. The van der Waals surface area contributed by atoms with Crippen LogP contribution in [-0.2, 0) is 0 Å². The van der Waals surface area contributed by atoms with E-state index in [0.29, 0.717) is 13.1 Å². The van der Waals surface area contributed by atoms with Crippen LogP contribution in [0.25, 0.3) is 0 Å². The SMILES string of the molecule is Cc1nc(N)nc(N2CCC(C(C)O)CC2)c1[N+](=O)[O-]. The zero-order chi connectivity index (χ0) is 14.9. The van der Waals surface area contributed by atoms with Gasteiger partial charge in [-0.15, -0.1) is 0 Å². The Labute approximate surface area is 116 Å². The van der Waals surface area contributed by atoms with E-state index < -0.39 is 4.92 Å². The Hall–Kier alpha value is -1.96. The van der Waals surface area contributed by atoms with Gasteiger partial charge >= 0.3 is 5.69 Å². The molecule has 1 unspecified atom stereocenters. The lowest BCUT2D eigenvalue weighted by Gasteiger charge is -2.33. The predicted octanol–water partition coefficient (Wildman–Crippen LogP) is 0.873. The largest absolute Gasteiger partial charge is 0.393 e. The molecule has 8 nitrogen and oxygen atoms in total. The van der Waals surface area contributed by atoms with Gasteiger partial charge in [-0.2, -0.15) is 4.98 Å². The molecule has 110 valence electrons. The fourth-order valence-electron chi connectivity index (χ4n) is 2.60. The molecular formula is C12H19N5O3. The Balaban J connectivity index is 2.27. The lowest BCUT2D eigenvalue weighted by molar-refractivity contribution is -0.385. The second-order valence-electron chi connectivity index (χ2n) is 5.16. The fraction of sp³-hybridized carbons (Fsp3) is 0.667. The molecule has 1 atom stereocenters. The highest BCUT2D eigenvalue weighted by Gasteiger charge is 2.30. The molecular weight excluding hydrogens is 262 g/mol. The standard InChI is InChI=1S/C12H19N5O3/c1-7-10(17(19)20)11(15-12(13)14-7)16-5-3-9(4-6-16)8(2)18/h8-9,18H,3-6H2,1-2H3,(H2,13,14,15). The van der Waals surface area contributed by atoms with Crippen molar-refractivity contribution in [3.8, 4) is 0 Å². The van der Waals surface area contributed by atoms with Gasteiger partial charge < -0.3 is 15.7 Å². The van der Waals surface area contributed by atoms with Gasteiger partial charge in [0.05, 0.1) is 11.0 Å². The number of hydrogen-bond acceptors (Lipinski definition) is 7. The quantitative estimate of drug-likeness (QED) is 0.623. The van der Waals surface area contributed by atoms with Crippen LogP contribution in [0.3, 0.4) is 0 Å². The number of anilines is 2. The van der Waals surface area contributed by atoms with Crippen molar-refractivity contribution < 1.29 is 10.0 Å². The van der Waals surface area contributed by atoms with Crippen LogP contribution in [0.4, 0.5) is 17.5 Å². The van der Waals surface area contributed by atoms with Crippen LogP contribution in [0.1, 0.15) is 25.5 Å². The van der Waals surface area contributed by atoms with Crippen molar-refractivity contribution in [2.75, 3.05) is 23.7 Å². The summed E-state index contributed by atoms with van der Waals surface area (Å²) in [7, 11) is 0. The summed E-state index contributed by atoms with van der Waals surface area (Å²) < 4.78 is 0. The highest BCUT2D eigenvalue weighted by Crippen LogP contribution is 2.32. The van der Waals surface area contributed by atoms with Crippen LogP contribution in [0.2, 0.25) is 0 Å². The summed E-state index contributed by atoms with van der Waals surface area (Å²) in [6.45, 7) is 4.57. The summed E-state index contributed by atoms with van der Waals surface area (Å²) in [5.41, 5.74) is 5.78. The van der Waals surface area contributed by atoms with Gasteiger partial charge in [-0.1, -0.05) is 0 Å². The predicted molar refractivity (Wildman–Crippen MR) is 74.5 cm³/mol. The van der Waals surface area contributed by atoms with Gasteiger partial charge in [0.25, 0.3) is 0 Å². The van der Waals surface area contributed by atoms with Crippen LogP contribution in [0, 0.1) is 23.0 Å². The van der Waals surface area contributed by atoms with Crippen molar-refractivity contribution in [2.24, 2.45) is 5.92 Å². The first-order valence-corrected chi connectivity index (χ1v) is 6.61. The number of piperidine rings is 1. The normalized spacial score (nSPS) is 18.1. The average Bonchev–Trinajstić information content (AvgIpc) is 2.37. The molecule has 3 N–H and O–H groups in total. The highest BCUT2D eigenvalue weighted by atomic mass is 16.6. The second-order valence-corrected chi connectivity index (χ2v) is 5.16. The maximum absolute atomic E-state index is 11.2. The minimum Gasteiger partial charge on any atom is -0.393 e. The van der Waals surface area contributed by atoms with E-state index >= 15 is 0 Å². The molecule has 1 aliphatic heterocycles. The van der Waals surface area contributed by atoms with E-state index in [4.69, 9.17) is 5.73 Å². The molecule has 0 spiro atoms. The Morgan fingerprint density at radius 1 is 1.45 bits per heavy atom. The summed E-state index contributed by atoms with van der Waals surface area (Å²) in [6.07, 6.45) is 1.19. The van der Waals surface area contributed by atoms with Crippen molar-refractivity contribution >= 4 is 17.5 Å². The van der Waals surface area contributed by atoms with Gasteiger partial charge in [0.2, 0.25) is 11.8 Å². The van der Waals surface area contributed by atoms with E-state index in [1.165, 1.54) is 0 Å². The Morgan fingerprint density at radius 3 is 2.55 bits per heavy atom. The van der Waals surface area contributed by atoms with E-state index in [0.717, 1.165) is 12.8 Å². The van der Waals surface area contributed by atoms with Gasteiger partial charge in [0, 0.05) is 13.1 Å². The molecule has 2 heterocycles. The number of nitro groups is 1. The molecule has 0 radical (unpaired) electrons. The molecule has 20 heavy (non-hydrogen) atoms. The number of aliphatic hydroxyl groups excluding tert-OH is 1. The Morgan fingerprint density at radius 2 is 2.05 bits per heavy atom. The summed E-state index contributed by atoms with van der Waals surface area (Å²) in [5.74, 6) is 0.551. The maximum Gasteiger partial charge on any atom is 0.332 e. The third-order valence-corrected chi connectivity index (χ3v) is 3.76. The minimum absolute atomic E-state index is 0.0424. The number of aromatic nitrogens is 2. The third kappa shape index (κ3) is 2.79. The molecule has 1 aromatic rings. The summed E-state index contributed by atoms with van der Waals surface area (Å²) in [5, 5.41) is 20.8. The number of nitrogens with two attached hydrogens (primary N) is 1. The number of hydrogen-bond donors (Lipinski definition) is 2. The first-order chi connectivity index (χ1) is 9.40. The molecule has 1 fully saturated rings. The monoisotopic (exact) mass is 281 g/mol. The molecule has 0 aliphatic carbocycles. The van der Waals surface area contributed by atoms with Gasteiger partial charge in [-0.25, -0.2) is 4.98 Å². The number of nitrogen functional groups attached to an aromatic ring is 1. The zero-order valence-corrected chi connectivity index (χ0v) is 11.6. The van der Waals surface area contributed by atoms with Crippen LogP contribution >= 0.6 is 0 Å². The van der Waals surface area contributed by atoms with Crippen LogP contribution in [0.15, 0.2) is 0 Å². The van der Waals surface area contributed by atoms with Gasteiger partial charge in [-0.3, -0.25) is 10.1 Å². The second kappa shape index (κ2) is 5.58. The lowest BCUT2D eigenvalue weighted by Crippen LogP contribution is -2.38. The van der Waals surface area contributed by atoms with Gasteiger partial charge in [-0.05, 0) is 32.6 Å². The van der Waals surface area contributed by atoms with E-state index in [2.05, 4.69) is 9.97 Å². The molecule has 1 saturated heterocycles. The van der Waals surface area contributed by atoms with E-state index in [-0.39, 0.29) is 35.2 Å². The number of aliphatic hydroxyl groups is 1. The first-order valence-electron chi connectivity index (χ1n) is 6.61. The number of rotatable bonds is 3. The summed E-state index contributed by atoms with van der Waals surface area (Å²) >= 11 is 0. The molecule has 0 aromatic carbocycles. The molecule has 1 aromatic heterocycles. The van der Waals surface area contributed by atoms with Crippen molar-refractivity contribution in [3.63, 3.8) is 0 Å². The molecule has 8 heteroatoms. The molecule has 0 amide bonds. The van der Waals surface area contributed by atoms with Crippen molar-refractivity contribution in [2.45, 2.75) is 32.8 Å². The van der Waals surface area contributed by atoms with Crippen LogP contribution < -0.4 is 10.6 Å². The summed E-state index contributed by atoms with van der Waals surface area (Å²) in [4.78, 5) is 20.5. The van der Waals surface area contributed by atoms with Crippen LogP contribution in [0.5, 0.6) is 0 Å². The topological polar surface area (TPSA) is 118 Å². The molecule has 1 aliphatic rings. The summed E-state index contributed by atoms with van der Waals surface area (Å²) in [6, 6.07) is 0. The smallest absolute Gasteiger partial charge is 0.332 e. The Kier molecular flexibility index (Phi) is 4.03. The van der Waals surface area contributed by atoms with Gasteiger partial charge in [0.15, 0.2) is 0 Å². The first kappa shape index (κ1) is 14.4. The number of aryl methyl sites for hydroxylation is 1. The fourth-order valence-corrected chi connectivity index (χ4v) is 2.60. The Bertz CT molecular complexity index is 512. The maximum atomic E-state index is 11.2. The van der Waals surface area contributed by atoms with Crippen molar-refractivity contribution in [1.82, 2.24) is 9.97 Å². The zero-order valence-electron chi connectivity index (χ0n) is 11.6. The van der Waals surface area contributed by atoms with Crippen molar-refractivity contribution in [1.29, 1.82) is 0 Å². The highest BCUT2D eigenvalue weighted by molar-refractivity contribution is 5.62.